The van der Waals surface area contributed by atoms with Gasteiger partial charge in [0.1, 0.15) is 17.5 Å². The quantitative estimate of drug-likeness (QED) is 0.295. The number of nitrogens with zero attached hydrogens (tertiary/aromatic N) is 1. The lowest BCUT2D eigenvalue weighted by molar-refractivity contribution is -0.384. The molecule has 9 heteroatoms. The molecule has 2 unspecified atom stereocenters. The number of hydrogen-bond donors (Lipinski definition) is 1. The molecule has 0 aromatic heterocycles. The van der Waals surface area contributed by atoms with Gasteiger partial charge in [-0.05, 0) is 45.0 Å². The number of non-ortho nitro benzene ring substituents is 1. The minimum Gasteiger partial charge on any atom is -0.462 e. The van der Waals surface area contributed by atoms with Crippen LogP contribution in [0.3, 0.4) is 0 Å². The average molecular weight is 392 g/mol. The Morgan fingerprint density at radius 1 is 1.00 bits per heavy atom. The number of para-hydroxylation sites is 1. The van der Waals surface area contributed by atoms with Crippen molar-refractivity contribution in [2.45, 2.75) is 32.9 Å². The number of benzene rings is 2. The molecule has 2 atom stereocenters. The van der Waals surface area contributed by atoms with Crippen LogP contribution in [-0.4, -0.2) is 23.0 Å². The van der Waals surface area contributed by atoms with Crippen LogP contribution in [0.2, 0.25) is 0 Å². The van der Waals surface area contributed by atoms with Crippen molar-refractivity contribution in [2.24, 2.45) is 0 Å². The summed E-state index contributed by atoms with van der Waals surface area (Å²) >= 11 is 0. The predicted octanol–water partition coefficient (Wildman–Crippen LogP) is 4.21. The van der Waals surface area contributed by atoms with Crippen LogP contribution < -0.4 is 14.1 Å². The summed E-state index contributed by atoms with van der Waals surface area (Å²) < 4.78 is 16.8. The molecule has 0 bridgehead atoms. The Morgan fingerprint density at radius 3 is 2.07 bits per heavy atom. The monoisotopic (exact) mass is 392 g/mol. The van der Waals surface area contributed by atoms with Gasteiger partial charge < -0.3 is 13.8 Å². The van der Waals surface area contributed by atoms with E-state index in [9.17, 15) is 14.9 Å². The third-order valence-corrected chi connectivity index (χ3v) is 4.52. The first-order chi connectivity index (χ1) is 12.8. The summed E-state index contributed by atoms with van der Waals surface area (Å²) in [5.41, 5.74) is -0.0440. The minimum atomic E-state index is -1.76. The summed E-state index contributed by atoms with van der Waals surface area (Å²) in [6, 6.07) is 13.9. The highest BCUT2D eigenvalue weighted by molar-refractivity contribution is 7.45. The van der Waals surface area contributed by atoms with Gasteiger partial charge in [-0.25, -0.2) is 5.09 Å². The molecule has 0 spiro atoms. The maximum absolute atomic E-state index is 12.1. The van der Waals surface area contributed by atoms with Crippen LogP contribution in [0.5, 0.6) is 11.5 Å². The zero-order valence-electron chi connectivity index (χ0n) is 15.2. The summed E-state index contributed by atoms with van der Waals surface area (Å²) in [7, 11) is -1.76. The SMILES string of the molecule is CC(C)OC(=O)C(C)NP(Oc1ccccc1)Oc1ccc([N+](=O)[O-])cc1. The topological polar surface area (TPSA) is 99.9 Å². The smallest absolute Gasteiger partial charge is 0.382 e. The summed E-state index contributed by atoms with van der Waals surface area (Å²) in [6.45, 7) is 5.18. The normalized spacial score (nSPS) is 12.9. The molecule has 8 nitrogen and oxygen atoms in total. The van der Waals surface area contributed by atoms with E-state index in [-0.39, 0.29) is 11.8 Å². The van der Waals surface area contributed by atoms with Crippen LogP contribution in [0.25, 0.3) is 0 Å². The molecule has 0 saturated carbocycles. The van der Waals surface area contributed by atoms with Crippen LogP contribution in [0.15, 0.2) is 54.6 Å². The molecule has 144 valence electrons. The molecule has 2 rings (SSSR count). The zero-order chi connectivity index (χ0) is 19.8. The standard InChI is InChI=1S/C18H21N2O6P/c1-13(2)24-18(21)14(3)19-27(25-16-7-5-4-6-8-16)26-17-11-9-15(10-12-17)20(22)23/h4-14,19H,1-3H3. The Bertz CT molecular complexity index is 754. The van der Waals surface area contributed by atoms with Gasteiger partial charge in [-0.1, -0.05) is 18.2 Å². The number of carbonyl (C=O) groups excluding carboxylic acids is 1. The van der Waals surface area contributed by atoms with Gasteiger partial charge in [-0.2, -0.15) is 0 Å². The molecule has 2 aromatic rings. The number of ether oxygens (including phenoxy) is 1. The lowest BCUT2D eigenvalue weighted by Gasteiger charge is -2.22. The van der Waals surface area contributed by atoms with Crippen molar-refractivity contribution < 1.29 is 23.5 Å². The van der Waals surface area contributed by atoms with E-state index in [2.05, 4.69) is 5.09 Å². The number of nitro groups is 1. The molecule has 0 aliphatic rings. The van der Waals surface area contributed by atoms with Crippen LogP contribution in [0, 0.1) is 10.1 Å². The van der Waals surface area contributed by atoms with E-state index >= 15 is 0 Å². The molecular weight excluding hydrogens is 371 g/mol. The number of carbonyl (C=O) groups is 1. The fourth-order valence-electron chi connectivity index (χ4n) is 1.92. The van der Waals surface area contributed by atoms with E-state index in [0.717, 1.165) is 0 Å². The van der Waals surface area contributed by atoms with Gasteiger partial charge in [0.25, 0.3) is 5.69 Å². The van der Waals surface area contributed by atoms with Crippen molar-refractivity contribution in [3.8, 4) is 11.5 Å². The molecule has 0 radical (unpaired) electrons. The third kappa shape index (κ3) is 6.84. The average Bonchev–Trinajstić information content (AvgIpc) is 2.62. The van der Waals surface area contributed by atoms with E-state index < -0.39 is 25.5 Å². The Kier molecular flexibility index (Phi) is 7.52. The molecular formula is C18H21N2O6P. The van der Waals surface area contributed by atoms with Crippen molar-refractivity contribution in [1.82, 2.24) is 5.09 Å². The molecule has 0 saturated heterocycles. The highest BCUT2D eigenvalue weighted by Crippen LogP contribution is 2.37. The summed E-state index contributed by atoms with van der Waals surface area (Å²) in [4.78, 5) is 22.3. The second kappa shape index (κ2) is 9.85. The Labute approximate surface area is 158 Å². The van der Waals surface area contributed by atoms with Gasteiger partial charge in [-0.3, -0.25) is 14.9 Å². The van der Waals surface area contributed by atoms with Crippen LogP contribution in [0.1, 0.15) is 20.8 Å². The molecule has 1 N–H and O–H groups in total. The fourth-order valence-corrected chi connectivity index (χ4v) is 3.11. The van der Waals surface area contributed by atoms with Crippen molar-refractivity contribution >= 4 is 20.2 Å². The first kappa shape index (κ1) is 20.6. The van der Waals surface area contributed by atoms with Gasteiger partial charge in [0.2, 0.25) is 0 Å². The van der Waals surface area contributed by atoms with Gasteiger partial charge in [0.15, 0.2) is 0 Å². The van der Waals surface area contributed by atoms with Crippen LogP contribution in [-0.2, 0) is 9.53 Å². The van der Waals surface area contributed by atoms with E-state index in [4.69, 9.17) is 13.8 Å². The highest BCUT2D eigenvalue weighted by Gasteiger charge is 2.24. The second-order valence-corrected chi connectivity index (χ2v) is 6.98. The Hall–Kier alpha value is -2.70. The first-order valence-electron chi connectivity index (χ1n) is 8.27. The van der Waals surface area contributed by atoms with Crippen LogP contribution in [0.4, 0.5) is 5.69 Å². The van der Waals surface area contributed by atoms with Crippen molar-refractivity contribution in [3.05, 3.63) is 64.7 Å². The largest absolute Gasteiger partial charge is 0.462 e. The second-order valence-electron chi connectivity index (χ2n) is 5.84. The van der Waals surface area contributed by atoms with E-state index in [0.29, 0.717) is 11.5 Å². The fraction of sp³-hybridized carbons (Fsp3) is 0.278. The first-order valence-corrected chi connectivity index (χ1v) is 9.45. The molecule has 0 heterocycles. The van der Waals surface area contributed by atoms with Gasteiger partial charge in [0.05, 0.1) is 11.0 Å². The van der Waals surface area contributed by atoms with Crippen molar-refractivity contribution in [3.63, 3.8) is 0 Å². The number of rotatable bonds is 9. The van der Waals surface area contributed by atoms with Crippen molar-refractivity contribution in [1.29, 1.82) is 0 Å². The highest BCUT2D eigenvalue weighted by atomic mass is 31.2. The number of esters is 1. The number of nitro benzene ring substituents is 1. The molecule has 0 aliphatic heterocycles. The minimum absolute atomic E-state index is 0.0440. The number of nitrogens with one attached hydrogen (secondary N) is 1. The molecule has 2 aromatic carbocycles. The summed E-state index contributed by atoms with van der Waals surface area (Å²) in [5, 5.41) is 13.7. The summed E-state index contributed by atoms with van der Waals surface area (Å²) in [6.07, 6.45) is -0.237. The molecule has 27 heavy (non-hydrogen) atoms. The third-order valence-electron chi connectivity index (χ3n) is 3.17. The maximum Gasteiger partial charge on any atom is 0.382 e. The Balaban J connectivity index is 2.11. The van der Waals surface area contributed by atoms with Gasteiger partial charge >= 0.3 is 14.5 Å². The molecule has 0 amide bonds. The molecule has 0 fully saturated rings. The summed E-state index contributed by atoms with van der Waals surface area (Å²) in [5.74, 6) is 0.503. The number of hydrogen-bond acceptors (Lipinski definition) is 7. The van der Waals surface area contributed by atoms with Crippen LogP contribution >= 0.6 is 8.53 Å². The van der Waals surface area contributed by atoms with E-state index in [1.54, 1.807) is 32.9 Å². The van der Waals surface area contributed by atoms with Crippen molar-refractivity contribution in [2.75, 3.05) is 0 Å². The predicted molar refractivity (Wildman–Crippen MR) is 102 cm³/mol. The van der Waals surface area contributed by atoms with Gasteiger partial charge in [-0.15, -0.1) is 0 Å². The van der Waals surface area contributed by atoms with E-state index in [1.807, 2.05) is 18.2 Å². The maximum atomic E-state index is 12.1. The molecule has 0 aliphatic carbocycles. The van der Waals surface area contributed by atoms with Gasteiger partial charge in [0, 0.05) is 12.1 Å². The lowest BCUT2D eigenvalue weighted by atomic mass is 10.3. The van der Waals surface area contributed by atoms with E-state index in [1.165, 1.54) is 24.3 Å². The lowest BCUT2D eigenvalue weighted by Crippen LogP contribution is -2.35. The zero-order valence-corrected chi connectivity index (χ0v) is 16.1. The Morgan fingerprint density at radius 2 is 1.56 bits per heavy atom.